The normalized spacial score (nSPS) is 15.1. The molecule has 1 atom stereocenters. The molecule has 0 spiro atoms. The molecule has 4 rings (SSSR count). The summed E-state index contributed by atoms with van der Waals surface area (Å²) < 4.78 is 23.8. The van der Waals surface area contributed by atoms with Crippen LogP contribution in [0.15, 0.2) is 57.5 Å². The fraction of sp³-hybridized carbons (Fsp3) is 0.321. The van der Waals surface area contributed by atoms with Gasteiger partial charge in [-0.25, -0.2) is 9.79 Å². The Bertz CT molecular complexity index is 1570. The summed E-state index contributed by atoms with van der Waals surface area (Å²) in [6, 6.07) is 9.72. The van der Waals surface area contributed by atoms with Crippen molar-refractivity contribution in [3.05, 3.63) is 83.5 Å². The molecule has 0 N–H and O–H groups in total. The molecule has 0 radical (unpaired) electrons. The summed E-state index contributed by atoms with van der Waals surface area (Å²) in [6.07, 6.45) is 3.06. The van der Waals surface area contributed by atoms with Crippen LogP contribution in [-0.4, -0.2) is 38.5 Å². The molecular formula is C28H29ClN2O6S. The molecule has 200 valence electrons. The number of ether oxygens (including phenoxy) is 4. The molecule has 0 amide bonds. The van der Waals surface area contributed by atoms with E-state index in [1.165, 1.54) is 23.0 Å². The lowest BCUT2D eigenvalue weighted by Crippen LogP contribution is -2.40. The van der Waals surface area contributed by atoms with Gasteiger partial charge in [0.05, 0.1) is 43.7 Å². The third-order valence-corrected chi connectivity index (χ3v) is 7.30. The highest BCUT2D eigenvalue weighted by atomic mass is 35.5. The number of esters is 1. The number of fused-ring (bicyclic) bond motifs is 1. The molecule has 0 fully saturated rings. The predicted molar refractivity (Wildman–Crippen MR) is 147 cm³/mol. The Morgan fingerprint density at radius 2 is 1.76 bits per heavy atom. The molecule has 8 nitrogen and oxygen atoms in total. The number of nitrogens with zero attached hydrogens (tertiary/aromatic N) is 2. The number of carbonyl (C=O) groups is 1. The van der Waals surface area contributed by atoms with Gasteiger partial charge in [0.2, 0.25) is 0 Å². The minimum Gasteiger partial charge on any atom is -0.496 e. The number of thiazole rings is 1. The zero-order valence-corrected chi connectivity index (χ0v) is 23.4. The molecule has 1 aliphatic rings. The molecule has 0 unspecified atom stereocenters. The fourth-order valence-corrected chi connectivity index (χ4v) is 5.63. The fourth-order valence-electron chi connectivity index (χ4n) is 4.43. The van der Waals surface area contributed by atoms with Crippen molar-refractivity contribution in [3.63, 3.8) is 0 Å². The first kappa shape index (κ1) is 27.5. The van der Waals surface area contributed by atoms with Crippen LogP contribution in [0.25, 0.3) is 6.08 Å². The zero-order valence-electron chi connectivity index (χ0n) is 21.9. The average Bonchev–Trinajstić information content (AvgIpc) is 3.22. The van der Waals surface area contributed by atoms with Gasteiger partial charge in [0.1, 0.15) is 11.8 Å². The summed E-state index contributed by atoms with van der Waals surface area (Å²) >= 11 is 7.64. The van der Waals surface area contributed by atoms with E-state index < -0.39 is 12.0 Å². The van der Waals surface area contributed by atoms with Gasteiger partial charge >= 0.3 is 5.97 Å². The first-order valence-corrected chi connectivity index (χ1v) is 13.3. The highest BCUT2D eigenvalue weighted by Crippen LogP contribution is 2.38. The minimum atomic E-state index is -0.826. The molecule has 10 heteroatoms. The van der Waals surface area contributed by atoms with E-state index in [9.17, 15) is 9.59 Å². The number of methoxy groups -OCH3 is 3. The Balaban J connectivity index is 2.02. The van der Waals surface area contributed by atoms with Crippen molar-refractivity contribution in [2.75, 3.05) is 27.9 Å². The largest absolute Gasteiger partial charge is 0.496 e. The first-order valence-electron chi connectivity index (χ1n) is 12.1. The van der Waals surface area contributed by atoms with Crippen LogP contribution in [0.4, 0.5) is 0 Å². The second-order valence-electron chi connectivity index (χ2n) is 8.41. The zero-order chi connectivity index (χ0) is 27.4. The molecule has 2 aromatic carbocycles. The van der Waals surface area contributed by atoms with Crippen LogP contribution in [0, 0.1) is 0 Å². The van der Waals surface area contributed by atoms with Crippen molar-refractivity contribution >= 4 is 35.0 Å². The smallest absolute Gasteiger partial charge is 0.338 e. The molecule has 1 aliphatic heterocycles. The number of hydrogen-bond donors (Lipinski definition) is 0. The van der Waals surface area contributed by atoms with Gasteiger partial charge in [0.15, 0.2) is 16.3 Å². The van der Waals surface area contributed by atoms with Gasteiger partial charge in [-0.1, -0.05) is 42.3 Å². The SMILES string of the molecule is CCCC1=C(C(=O)OCC)[C@H](c2cc(Cl)ccc2OC)n2c(s/c(=C/c3ccc(OC)c(OC)c3)c2=O)=N1. The van der Waals surface area contributed by atoms with Crippen LogP contribution in [0.5, 0.6) is 17.2 Å². The van der Waals surface area contributed by atoms with Crippen molar-refractivity contribution in [1.29, 1.82) is 0 Å². The summed E-state index contributed by atoms with van der Waals surface area (Å²) in [5, 5.41) is 0.450. The van der Waals surface area contributed by atoms with Gasteiger partial charge in [0.25, 0.3) is 5.56 Å². The van der Waals surface area contributed by atoms with Gasteiger partial charge < -0.3 is 18.9 Å². The maximum absolute atomic E-state index is 13.9. The Kier molecular flexibility index (Phi) is 8.58. The number of allylic oxidation sites excluding steroid dienone is 1. The van der Waals surface area contributed by atoms with E-state index in [4.69, 9.17) is 35.5 Å². The van der Waals surface area contributed by atoms with Crippen LogP contribution in [0.3, 0.4) is 0 Å². The van der Waals surface area contributed by atoms with Crippen LogP contribution in [0.1, 0.15) is 43.9 Å². The maximum atomic E-state index is 13.9. The molecule has 0 aliphatic carbocycles. The molecule has 3 aromatic rings. The van der Waals surface area contributed by atoms with E-state index in [2.05, 4.69) is 0 Å². The quantitative estimate of drug-likeness (QED) is 0.366. The number of halogens is 1. The first-order chi connectivity index (χ1) is 18.4. The highest BCUT2D eigenvalue weighted by Gasteiger charge is 2.36. The molecule has 1 aromatic heterocycles. The van der Waals surface area contributed by atoms with E-state index in [1.807, 2.05) is 13.0 Å². The monoisotopic (exact) mass is 556 g/mol. The van der Waals surface area contributed by atoms with Crippen molar-refractivity contribution in [2.24, 2.45) is 4.99 Å². The molecule has 0 bridgehead atoms. The van der Waals surface area contributed by atoms with E-state index in [0.717, 1.165) is 12.0 Å². The van der Waals surface area contributed by atoms with E-state index in [1.54, 1.807) is 57.6 Å². The predicted octanol–water partition coefficient (Wildman–Crippen LogP) is 4.26. The van der Waals surface area contributed by atoms with Crippen LogP contribution >= 0.6 is 22.9 Å². The summed E-state index contributed by atoms with van der Waals surface area (Å²) in [6.45, 7) is 3.93. The van der Waals surface area contributed by atoms with Gasteiger partial charge in [-0.2, -0.15) is 0 Å². The number of rotatable bonds is 9. The summed E-state index contributed by atoms with van der Waals surface area (Å²) in [5.41, 5.74) is 1.91. The van der Waals surface area contributed by atoms with Crippen molar-refractivity contribution in [3.8, 4) is 17.2 Å². The topological polar surface area (TPSA) is 88.4 Å². The summed E-state index contributed by atoms with van der Waals surface area (Å²) in [4.78, 5) is 32.5. The van der Waals surface area contributed by atoms with Gasteiger partial charge in [0, 0.05) is 10.6 Å². The second kappa shape index (κ2) is 11.9. The Hall–Kier alpha value is -3.56. The van der Waals surface area contributed by atoms with Crippen molar-refractivity contribution < 1.29 is 23.7 Å². The number of aromatic nitrogens is 1. The number of carbonyl (C=O) groups excluding carboxylic acids is 1. The Morgan fingerprint density at radius 3 is 2.42 bits per heavy atom. The summed E-state index contributed by atoms with van der Waals surface area (Å²) in [5.74, 6) is 1.10. The van der Waals surface area contributed by atoms with Gasteiger partial charge in [-0.3, -0.25) is 9.36 Å². The molecular weight excluding hydrogens is 528 g/mol. The van der Waals surface area contributed by atoms with Crippen LogP contribution < -0.4 is 29.1 Å². The Labute approximate surface area is 229 Å². The van der Waals surface area contributed by atoms with Crippen LogP contribution in [-0.2, 0) is 9.53 Å². The third kappa shape index (κ3) is 5.21. The minimum absolute atomic E-state index is 0.185. The van der Waals surface area contributed by atoms with E-state index >= 15 is 0 Å². The molecule has 38 heavy (non-hydrogen) atoms. The van der Waals surface area contributed by atoms with Gasteiger partial charge in [-0.05, 0) is 55.3 Å². The number of hydrogen-bond acceptors (Lipinski definition) is 8. The van der Waals surface area contributed by atoms with Gasteiger partial charge in [-0.15, -0.1) is 0 Å². The molecule has 2 heterocycles. The Morgan fingerprint density at radius 1 is 1.05 bits per heavy atom. The maximum Gasteiger partial charge on any atom is 0.338 e. The van der Waals surface area contributed by atoms with Crippen molar-refractivity contribution in [2.45, 2.75) is 32.7 Å². The third-order valence-electron chi connectivity index (χ3n) is 6.08. The summed E-state index contributed by atoms with van der Waals surface area (Å²) in [7, 11) is 4.66. The lowest BCUT2D eigenvalue weighted by molar-refractivity contribution is -0.139. The molecule has 0 saturated heterocycles. The van der Waals surface area contributed by atoms with E-state index in [0.29, 0.717) is 54.9 Å². The highest BCUT2D eigenvalue weighted by molar-refractivity contribution is 7.07. The lowest BCUT2D eigenvalue weighted by atomic mass is 9.93. The average molecular weight is 557 g/mol. The molecule has 0 saturated carbocycles. The lowest BCUT2D eigenvalue weighted by Gasteiger charge is -2.27. The van der Waals surface area contributed by atoms with E-state index in [-0.39, 0.29) is 12.2 Å². The number of benzene rings is 2. The standard InChI is InChI=1S/C28H29ClN2O6S/c1-6-8-19-24(27(33)37-7-2)25(18-15-17(29)10-12-20(18)34-3)31-26(32)23(38-28(31)30-19)14-16-9-11-21(35-4)22(13-16)36-5/h9-15,25H,6-8H2,1-5H3/b23-14+/t25-/m0/s1. The van der Waals surface area contributed by atoms with Crippen LogP contribution in [0.2, 0.25) is 5.02 Å². The second-order valence-corrected chi connectivity index (χ2v) is 9.86. The van der Waals surface area contributed by atoms with Crippen molar-refractivity contribution in [1.82, 2.24) is 4.57 Å².